The number of hydrogen-bond donors (Lipinski definition) is 1. The Morgan fingerprint density at radius 3 is 2.83 bits per heavy atom. The second-order valence-corrected chi connectivity index (χ2v) is 5.93. The van der Waals surface area contributed by atoms with Gasteiger partial charge in [0.05, 0.1) is 12.9 Å². The second-order valence-electron chi connectivity index (χ2n) is 3.67. The summed E-state index contributed by atoms with van der Waals surface area (Å²) in [7, 11) is -1.70. The molecule has 0 aliphatic heterocycles. The van der Waals surface area contributed by atoms with E-state index in [1.165, 1.54) is 19.6 Å². The van der Waals surface area contributed by atoms with Gasteiger partial charge in [0.2, 0.25) is 5.82 Å². The molecule has 0 saturated carbocycles. The van der Waals surface area contributed by atoms with Crippen molar-refractivity contribution in [2.24, 2.45) is 0 Å². The maximum atomic E-state index is 11.2. The van der Waals surface area contributed by atoms with Crippen molar-refractivity contribution in [1.29, 1.82) is 0 Å². The Balaban J connectivity index is 2.50. The first-order valence-corrected chi connectivity index (χ1v) is 7.31. The van der Waals surface area contributed by atoms with Gasteiger partial charge in [-0.1, -0.05) is 0 Å². The summed E-state index contributed by atoms with van der Waals surface area (Å²) in [4.78, 5) is 18.9. The number of carbonyl (C=O) groups excluding carboxylic acids is 1. The zero-order valence-corrected chi connectivity index (χ0v) is 11.0. The first-order valence-electron chi connectivity index (χ1n) is 5.25. The van der Waals surface area contributed by atoms with E-state index in [1.807, 2.05) is 0 Å². The summed E-state index contributed by atoms with van der Waals surface area (Å²) in [5.41, 5.74) is 0. The van der Waals surface area contributed by atoms with Gasteiger partial charge in [-0.2, -0.15) is 0 Å². The minimum Gasteiger partial charge on any atom is -0.463 e. The summed E-state index contributed by atoms with van der Waals surface area (Å²) in [5.74, 6) is -0.0890. The molecule has 1 aromatic rings. The highest BCUT2D eigenvalue weighted by Gasteiger charge is 2.09. The quantitative estimate of drug-likeness (QED) is 0.580. The van der Waals surface area contributed by atoms with Gasteiger partial charge in [0.1, 0.15) is 15.7 Å². The minimum absolute atomic E-state index is 0.0365. The van der Waals surface area contributed by atoms with Crippen molar-refractivity contribution in [1.82, 2.24) is 9.97 Å². The number of methoxy groups -OCH3 is 1. The van der Waals surface area contributed by atoms with E-state index in [0.717, 1.165) is 0 Å². The topological polar surface area (TPSA) is 98.2 Å². The number of anilines is 1. The number of sulfone groups is 1. The molecule has 0 aromatic carbocycles. The van der Waals surface area contributed by atoms with Crippen molar-refractivity contribution < 1.29 is 17.9 Å². The molecule has 100 valence electrons. The van der Waals surface area contributed by atoms with E-state index in [4.69, 9.17) is 0 Å². The van der Waals surface area contributed by atoms with Crippen molar-refractivity contribution in [3.63, 3.8) is 0 Å². The van der Waals surface area contributed by atoms with Gasteiger partial charge in [-0.25, -0.2) is 23.2 Å². The van der Waals surface area contributed by atoms with Gasteiger partial charge in [0, 0.05) is 19.0 Å². The lowest BCUT2D eigenvalue weighted by Crippen LogP contribution is -2.12. The molecule has 0 aliphatic rings. The van der Waals surface area contributed by atoms with Crippen LogP contribution < -0.4 is 5.32 Å². The third kappa shape index (κ3) is 5.09. The molecule has 1 aromatic heterocycles. The van der Waals surface area contributed by atoms with Gasteiger partial charge in [0.15, 0.2) is 0 Å². The molecule has 0 radical (unpaired) electrons. The number of hydrogen-bond acceptors (Lipinski definition) is 7. The zero-order chi connectivity index (χ0) is 13.6. The molecule has 0 saturated heterocycles. The van der Waals surface area contributed by atoms with E-state index in [0.29, 0.717) is 18.8 Å². The third-order valence-corrected chi connectivity index (χ3v) is 3.05. The van der Waals surface area contributed by atoms with E-state index < -0.39 is 15.8 Å². The summed E-state index contributed by atoms with van der Waals surface area (Å²) in [5, 5.41) is 2.91. The smallest absolute Gasteiger partial charge is 0.376 e. The first kappa shape index (κ1) is 14.4. The van der Waals surface area contributed by atoms with Crippen molar-refractivity contribution in [2.75, 3.05) is 31.0 Å². The zero-order valence-electron chi connectivity index (χ0n) is 10.2. The van der Waals surface area contributed by atoms with E-state index in [9.17, 15) is 13.2 Å². The molecule has 1 rings (SSSR count). The largest absolute Gasteiger partial charge is 0.463 e. The summed E-state index contributed by atoms with van der Waals surface area (Å²) in [6.07, 6.45) is 3.08. The number of ether oxygens (including phenoxy) is 1. The molecular weight excluding hydrogens is 258 g/mol. The lowest BCUT2D eigenvalue weighted by molar-refractivity contribution is 0.0587. The Labute approximate surface area is 106 Å². The van der Waals surface area contributed by atoms with Gasteiger partial charge < -0.3 is 10.1 Å². The normalized spacial score (nSPS) is 11.0. The maximum absolute atomic E-state index is 11.2. The maximum Gasteiger partial charge on any atom is 0.376 e. The molecule has 1 heterocycles. The van der Waals surface area contributed by atoms with Gasteiger partial charge in [-0.3, -0.25) is 0 Å². The van der Waals surface area contributed by atoms with Gasteiger partial charge in [-0.05, 0) is 12.5 Å². The van der Waals surface area contributed by atoms with E-state index >= 15 is 0 Å². The summed E-state index contributed by atoms with van der Waals surface area (Å²) in [6.45, 7) is 0.449. The van der Waals surface area contributed by atoms with Crippen LogP contribution in [0.4, 0.5) is 5.82 Å². The van der Waals surface area contributed by atoms with E-state index in [1.54, 1.807) is 6.07 Å². The van der Waals surface area contributed by atoms with Crippen LogP contribution >= 0.6 is 0 Å². The molecule has 0 spiro atoms. The third-order valence-electron chi connectivity index (χ3n) is 2.02. The summed E-state index contributed by atoms with van der Waals surface area (Å²) in [6, 6.07) is 1.59. The number of rotatable bonds is 6. The molecule has 0 amide bonds. The summed E-state index contributed by atoms with van der Waals surface area (Å²) < 4.78 is 26.3. The van der Waals surface area contributed by atoms with Crippen LogP contribution in [0.5, 0.6) is 0 Å². The average Bonchev–Trinajstić information content (AvgIpc) is 2.33. The highest BCUT2D eigenvalue weighted by atomic mass is 32.2. The van der Waals surface area contributed by atoms with Crippen molar-refractivity contribution in [2.45, 2.75) is 6.42 Å². The molecule has 7 nitrogen and oxygen atoms in total. The van der Waals surface area contributed by atoms with Gasteiger partial charge >= 0.3 is 5.97 Å². The predicted octanol–water partition coefficient (Wildman–Crippen LogP) is 0.110. The molecule has 0 bridgehead atoms. The Morgan fingerprint density at radius 2 is 2.22 bits per heavy atom. The highest BCUT2D eigenvalue weighted by Crippen LogP contribution is 2.03. The molecule has 8 heteroatoms. The van der Waals surface area contributed by atoms with E-state index in [-0.39, 0.29) is 11.6 Å². The molecule has 0 unspecified atom stereocenters. The average molecular weight is 273 g/mol. The molecule has 0 aliphatic carbocycles. The van der Waals surface area contributed by atoms with Crippen LogP contribution in [-0.2, 0) is 14.6 Å². The Hall–Kier alpha value is -1.70. The van der Waals surface area contributed by atoms with Gasteiger partial charge in [-0.15, -0.1) is 0 Å². The van der Waals surface area contributed by atoms with Crippen LogP contribution in [0.25, 0.3) is 0 Å². The number of esters is 1. The predicted molar refractivity (Wildman–Crippen MR) is 66.2 cm³/mol. The molecule has 18 heavy (non-hydrogen) atoms. The molecular formula is C10H15N3O4S. The monoisotopic (exact) mass is 273 g/mol. The second kappa shape index (κ2) is 6.29. The lowest BCUT2D eigenvalue weighted by atomic mass is 10.4. The van der Waals surface area contributed by atoms with Crippen molar-refractivity contribution in [3.05, 3.63) is 18.1 Å². The fourth-order valence-corrected chi connectivity index (χ4v) is 1.87. The van der Waals surface area contributed by atoms with Crippen LogP contribution in [0.3, 0.4) is 0 Å². The van der Waals surface area contributed by atoms with Crippen LogP contribution in [-0.4, -0.2) is 50.0 Å². The Morgan fingerprint density at radius 1 is 1.50 bits per heavy atom. The fourth-order valence-electron chi connectivity index (χ4n) is 1.20. The lowest BCUT2D eigenvalue weighted by Gasteiger charge is -2.05. The molecule has 0 fully saturated rings. The number of carbonyl (C=O) groups is 1. The molecule has 1 N–H and O–H groups in total. The number of nitrogens with one attached hydrogen (secondary N) is 1. The standard InChI is InChI=1S/C10H15N3O4S/c1-17-10(14)9-12-6-4-8(13-9)11-5-3-7-18(2,15)16/h4,6H,3,5,7H2,1-2H3,(H,11,12,13). The number of nitrogens with zero attached hydrogens (tertiary/aromatic N) is 2. The molecule has 0 atom stereocenters. The first-order chi connectivity index (χ1) is 8.42. The van der Waals surface area contributed by atoms with Crippen LogP contribution in [0.15, 0.2) is 12.3 Å². The van der Waals surface area contributed by atoms with Crippen molar-refractivity contribution in [3.8, 4) is 0 Å². The van der Waals surface area contributed by atoms with Crippen LogP contribution in [0.1, 0.15) is 17.0 Å². The summed E-state index contributed by atoms with van der Waals surface area (Å²) >= 11 is 0. The van der Waals surface area contributed by atoms with E-state index in [2.05, 4.69) is 20.0 Å². The van der Waals surface area contributed by atoms with Crippen molar-refractivity contribution >= 4 is 21.6 Å². The van der Waals surface area contributed by atoms with Gasteiger partial charge in [0.25, 0.3) is 0 Å². The SMILES string of the molecule is COC(=O)c1nccc(NCCCS(C)(=O)=O)n1. The fraction of sp³-hybridized carbons (Fsp3) is 0.500. The van der Waals surface area contributed by atoms with Crippen LogP contribution in [0.2, 0.25) is 0 Å². The van der Waals surface area contributed by atoms with Crippen LogP contribution in [0, 0.1) is 0 Å². The highest BCUT2D eigenvalue weighted by molar-refractivity contribution is 7.90. The number of aromatic nitrogens is 2. The Bertz CT molecular complexity index is 516. The Kier molecular flexibility index (Phi) is 5.02. The minimum atomic E-state index is -2.95.